The quantitative estimate of drug-likeness (QED) is 0.811. The maximum absolute atomic E-state index is 13.5. The molecule has 0 spiro atoms. The van der Waals surface area contributed by atoms with Crippen molar-refractivity contribution in [1.82, 2.24) is 0 Å². The minimum Gasteiger partial charge on any atom is -0.298 e. The van der Waals surface area contributed by atoms with Gasteiger partial charge in [0.25, 0.3) is 0 Å². The number of carbonyl (C=O) groups is 1. The fourth-order valence-corrected chi connectivity index (χ4v) is 1.93. The Labute approximate surface area is 97.6 Å². The van der Waals surface area contributed by atoms with Crippen molar-refractivity contribution in [3.05, 3.63) is 34.6 Å². The molecular formula is C12H9ClFNO. The van der Waals surface area contributed by atoms with Gasteiger partial charge in [-0.3, -0.25) is 4.79 Å². The van der Waals surface area contributed by atoms with E-state index in [9.17, 15) is 9.18 Å². The lowest BCUT2D eigenvalue weighted by Gasteiger charge is -2.10. The zero-order valence-electron chi connectivity index (χ0n) is 8.41. The third-order valence-electron chi connectivity index (χ3n) is 2.68. The van der Waals surface area contributed by atoms with Crippen LogP contribution in [-0.2, 0) is 4.79 Å². The number of ketones is 1. The van der Waals surface area contributed by atoms with Gasteiger partial charge in [0.15, 0.2) is 5.78 Å². The second-order valence-corrected chi connectivity index (χ2v) is 4.28. The number of nitrogens with zero attached hydrogens (tertiary/aromatic N) is 1. The van der Waals surface area contributed by atoms with Crippen molar-refractivity contribution in [2.75, 3.05) is 0 Å². The molecule has 0 heterocycles. The van der Waals surface area contributed by atoms with Crippen LogP contribution in [0.1, 0.15) is 24.3 Å². The van der Waals surface area contributed by atoms with E-state index in [4.69, 9.17) is 16.9 Å². The maximum atomic E-state index is 13.5. The Bertz CT molecular complexity index is 456. The number of Topliss-reactive ketones (excluding diaryl/α,β-unsaturated/α-hetero) is 1. The summed E-state index contributed by atoms with van der Waals surface area (Å²) in [5, 5.41) is 9.12. The first-order valence-electron chi connectivity index (χ1n) is 5.02. The highest BCUT2D eigenvalue weighted by molar-refractivity contribution is 6.31. The van der Waals surface area contributed by atoms with Gasteiger partial charge in [0.05, 0.1) is 6.07 Å². The molecule has 0 radical (unpaired) electrons. The second kappa shape index (κ2) is 4.23. The van der Waals surface area contributed by atoms with Gasteiger partial charge in [-0.25, -0.2) is 4.39 Å². The lowest BCUT2D eigenvalue weighted by atomic mass is 9.93. The van der Waals surface area contributed by atoms with E-state index in [1.165, 1.54) is 18.2 Å². The van der Waals surface area contributed by atoms with Crippen LogP contribution in [0.3, 0.4) is 0 Å². The zero-order valence-corrected chi connectivity index (χ0v) is 9.17. The van der Waals surface area contributed by atoms with E-state index in [-0.39, 0.29) is 22.3 Å². The molecule has 2 nitrogen and oxygen atoms in total. The van der Waals surface area contributed by atoms with Gasteiger partial charge in [-0.2, -0.15) is 5.26 Å². The van der Waals surface area contributed by atoms with E-state index < -0.39 is 11.7 Å². The third-order valence-corrected chi connectivity index (χ3v) is 3.01. The van der Waals surface area contributed by atoms with Crippen molar-refractivity contribution < 1.29 is 9.18 Å². The molecule has 1 aliphatic rings. The molecular weight excluding hydrogens is 229 g/mol. The highest BCUT2D eigenvalue weighted by Crippen LogP contribution is 2.37. The molecule has 0 bridgehead atoms. The summed E-state index contributed by atoms with van der Waals surface area (Å²) >= 11 is 5.83. The predicted molar refractivity (Wildman–Crippen MR) is 57.5 cm³/mol. The molecule has 0 aromatic heterocycles. The van der Waals surface area contributed by atoms with Gasteiger partial charge < -0.3 is 0 Å². The molecule has 82 valence electrons. The highest BCUT2D eigenvalue weighted by Gasteiger charge is 2.37. The summed E-state index contributed by atoms with van der Waals surface area (Å²) in [5.74, 6) is -1.95. The van der Waals surface area contributed by atoms with Crippen LogP contribution < -0.4 is 0 Å². The number of halogens is 2. The number of carbonyl (C=O) groups excluding carboxylic acids is 1. The average Bonchev–Trinajstić information content (AvgIpc) is 3.06. The largest absolute Gasteiger partial charge is 0.298 e. The number of rotatable bonds is 3. The molecule has 1 unspecified atom stereocenters. The fourth-order valence-electron chi connectivity index (χ4n) is 1.66. The Morgan fingerprint density at radius 1 is 1.56 bits per heavy atom. The molecule has 0 saturated heterocycles. The summed E-state index contributed by atoms with van der Waals surface area (Å²) in [6.45, 7) is 0. The number of hydrogen-bond donors (Lipinski definition) is 0. The third kappa shape index (κ3) is 1.94. The Kier molecular flexibility index (Phi) is 2.93. The molecule has 1 aromatic carbocycles. The van der Waals surface area contributed by atoms with E-state index in [2.05, 4.69) is 0 Å². The smallest absolute Gasteiger partial charge is 0.157 e. The molecule has 0 amide bonds. The SMILES string of the molecule is N#CC(C(=O)C1CC1)c1c(F)cccc1Cl. The zero-order chi connectivity index (χ0) is 11.7. The highest BCUT2D eigenvalue weighted by atomic mass is 35.5. The first-order valence-corrected chi connectivity index (χ1v) is 5.40. The normalized spacial score (nSPS) is 16.6. The van der Waals surface area contributed by atoms with Crippen molar-refractivity contribution in [3.63, 3.8) is 0 Å². The minimum atomic E-state index is -1.07. The standard InChI is InChI=1S/C12H9ClFNO/c13-9-2-1-3-10(14)11(9)8(6-15)12(16)7-4-5-7/h1-3,7-8H,4-5H2. The van der Waals surface area contributed by atoms with Crippen molar-refractivity contribution in [3.8, 4) is 6.07 Å². The van der Waals surface area contributed by atoms with Crippen LogP contribution in [-0.4, -0.2) is 5.78 Å². The number of nitriles is 1. The summed E-state index contributed by atoms with van der Waals surface area (Å²) in [5.41, 5.74) is 0.0172. The van der Waals surface area contributed by atoms with Crippen LogP contribution in [0.25, 0.3) is 0 Å². The topological polar surface area (TPSA) is 40.9 Å². The van der Waals surface area contributed by atoms with Crippen LogP contribution in [0.2, 0.25) is 5.02 Å². The lowest BCUT2D eigenvalue weighted by Crippen LogP contribution is -2.14. The Hall–Kier alpha value is -1.40. The van der Waals surface area contributed by atoms with E-state index in [0.717, 1.165) is 12.8 Å². The Balaban J connectivity index is 2.40. The van der Waals surface area contributed by atoms with E-state index in [1.807, 2.05) is 6.07 Å². The summed E-state index contributed by atoms with van der Waals surface area (Å²) < 4.78 is 13.5. The monoisotopic (exact) mass is 237 g/mol. The molecule has 1 aromatic rings. The molecule has 1 fully saturated rings. The van der Waals surface area contributed by atoms with Gasteiger partial charge in [0.2, 0.25) is 0 Å². The molecule has 16 heavy (non-hydrogen) atoms. The van der Waals surface area contributed by atoms with Crippen molar-refractivity contribution >= 4 is 17.4 Å². The predicted octanol–water partition coefficient (Wildman–Crippen LogP) is 3.07. The van der Waals surface area contributed by atoms with Gasteiger partial charge in [-0.1, -0.05) is 17.7 Å². The van der Waals surface area contributed by atoms with Gasteiger partial charge in [0.1, 0.15) is 11.7 Å². The molecule has 4 heteroatoms. The minimum absolute atomic E-state index is 0.0172. The van der Waals surface area contributed by atoms with Crippen molar-refractivity contribution in [1.29, 1.82) is 5.26 Å². The maximum Gasteiger partial charge on any atom is 0.157 e. The lowest BCUT2D eigenvalue weighted by molar-refractivity contribution is -0.120. The summed E-state index contributed by atoms with van der Waals surface area (Å²) in [4.78, 5) is 11.8. The molecule has 1 saturated carbocycles. The van der Waals surface area contributed by atoms with Gasteiger partial charge in [0, 0.05) is 16.5 Å². The first kappa shape index (κ1) is 11.1. The Morgan fingerprint density at radius 3 is 2.75 bits per heavy atom. The molecule has 2 rings (SSSR count). The van der Waals surface area contributed by atoms with E-state index in [0.29, 0.717) is 0 Å². The fraction of sp³-hybridized carbons (Fsp3) is 0.333. The van der Waals surface area contributed by atoms with Crippen LogP contribution in [0.4, 0.5) is 4.39 Å². The van der Waals surface area contributed by atoms with E-state index in [1.54, 1.807) is 0 Å². The second-order valence-electron chi connectivity index (χ2n) is 3.87. The van der Waals surface area contributed by atoms with E-state index >= 15 is 0 Å². The summed E-state index contributed by atoms with van der Waals surface area (Å²) in [6.07, 6.45) is 1.59. The van der Waals surface area contributed by atoms with Crippen molar-refractivity contribution in [2.45, 2.75) is 18.8 Å². The summed E-state index contributed by atoms with van der Waals surface area (Å²) in [7, 11) is 0. The first-order chi connectivity index (χ1) is 7.65. The van der Waals surface area contributed by atoms with Gasteiger partial charge >= 0.3 is 0 Å². The molecule has 1 atom stereocenters. The van der Waals surface area contributed by atoms with Crippen LogP contribution in [0, 0.1) is 23.1 Å². The Morgan fingerprint density at radius 2 is 2.25 bits per heavy atom. The average molecular weight is 238 g/mol. The summed E-state index contributed by atoms with van der Waals surface area (Å²) in [6, 6.07) is 6.01. The van der Waals surface area contributed by atoms with Gasteiger partial charge in [-0.05, 0) is 25.0 Å². The number of benzene rings is 1. The van der Waals surface area contributed by atoms with Gasteiger partial charge in [-0.15, -0.1) is 0 Å². The molecule has 1 aliphatic carbocycles. The molecule has 0 N–H and O–H groups in total. The van der Waals surface area contributed by atoms with Crippen LogP contribution in [0.5, 0.6) is 0 Å². The van der Waals surface area contributed by atoms with Crippen molar-refractivity contribution in [2.24, 2.45) is 5.92 Å². The number of hydrogen-bond acceptors (Lipinski definition) is 2. The van der Waals surface area contributed by atoms with Crippen LogP contribution >= 0.6 is 11.6 Å². The van der Waals surface area contributed by atoms with Crippen LogP contribution in [0.15, 0.2) is 18.2 Å². The molecule has 0 aliphatic heterocycles.